The summed E-state index contributed by atoms with van der Waals surface area (Å²) in [5, 5.41) is 4.06. The molecule has 2 aromatic carbocycles. The molecule has 0 bridgehead atoms. The number of para-hydroxylation sites is 2. The largest absolute Gasteiger partial charge is 0.350 e. The number of amides is 1. The monoisotopic (exact) mass is 337 g/mol. The Labute approximate surface area is 145 Å². The van der Waals surface area contributed by atoms with Gasteiger partial charge in [0.05, 0.1) is 10.2 Å². The lowest BCUT2D eigenvalue weighted by Crippen LogP contribution is -2.44. The molecule has 0 spiro atoms. The van der Waals surface area contributed by atoms with Gasteiger partial charge in [0, 0.05) is 11.7 Å². The molecule has 24 heavy (non-hydrogen) atoms. The summed E-state index contributed by atoms with van der Waals surface area (Å²) in [6.45, 7) is 4.00. The third kappa shape index (κ3) is 2.55. The molecule has 3 aromatic rings. The molecule has 1 aromatic heterocycles. The van der Waals surface area contributed by atoms with E-state index in [-0.39, 0.29) is 18.0 Å². The molecule has 2 heterocycles. The highest BCUT2D eigenvalue weighted by atomic mass is 32.1. The van der Waals surface area contributed by atoms with Crippen LogP contribution in [0.25, 0.3) is 10.2 Å². The van der Waals surface area contributed by atoms with Crippen LogP contribution in [0, 0.1) is 0 Å². The molecule has 4 rings (SSSR count). The number of fused-ring (bicyclic) bond motifs is 2. The van der Waals surface area contributed by atoms with Gasteiger partial charge in [-0.2, -0.15) is 0 Å². The topological polar surface area (TPSA) is 45.2 Å². The molecule has 1 aliphatic rings. The van der Waals surface area contributed by atoms with Crippen LogP contribution in [-0.2, 0) is 11.2 Å². The number of carbonyl (C=O) groups is 1. The molecule has 1 N–H and O–H groups in total. The van der Waals surface area contributed by atoms with Gasteiger partial charge < -0.3 is 10.2 Å². The van der Waals surface area contributed by atoms with Crippen LogP contribution in [0.3, 0.4) is 0 Å². The summed E-state index contributed by atoms with van der Waals surface area (Å²) in [7, 11) is 0. The number of nitrogens with zero attached hydrogens (tertiary/aromatic N) is 2. The average Bonchev–Trinajstić information content (AvgIpc) is 3.13. The number of rotatable bonds is 3. The van der Waals surface area contributed by atoms with Gasteiger partial charge in [-0.15, -0.1) is 0 Å². The van der Waals surface area contributed by atoms with Gasteiger partial charge >= 0.3 is 0 Å². The second-order valence-electron chi connectivity index (χ2n) is 6.24. The van der Waals surface area contributed by atoms with E-state index in [4.69, 9.17) is 0 Å². The first-order chi connectivity index (χ1) is 11.6. The van der Waals surface area contributed by atoms with Gasteiger partial charge in [0.25, 0.3) is 0 Å². The summed E-state index contributed by atoms with van der Waals surface area (Å²) in [6, 6.07) is 16.0. The van der Waals surface area contributed by atoms with Gasteiger partial charge in [-0.25, -0.2) is 4.98 Å². The van der Waals surface area contributed by atoms with Crippen LogP contribution in [0.1, 0.15) is 19.4 Å². The van der Waals surface area contributed by atoms with Crippen LogP contribution in [0.4, 0.5) is 10.8 Å². The van der Waals surface area contributed by atoms with Crippen molar-refractivity contribution in [2.24, 2.45) is 0 Å². The standard InChI is InChI=1S/C19H19N3OS/c1-12-11-14-7-3-5-9-16(14)22(12)18(23)13(2)20-19-21-15-8-4-6-10-17(15)24-19/h3-10,12-13H,11H2,1-2H3,(H,20,21)/t12-,13+/m1/s1. The van der Waals surface area contributed by atoms with Crippen LogP contribution < -0.4 is 10.2 Å². The molecule has 0 aliphatic carbocycles. The Morgan fingerprint density at radius 2 is 2.00 bits per heavy atom. The Hall–Kier alpha value is -2.40. The number of carbonyl (C=O) groups excluding carboxylic acids is 1. The van der Waals surface area contributed by atoms with E-state index in [1.807, 2.05) is 54.3 Å². The predicted octanol–water partition coefficient (Wildman–Crippen LogP) is 4.07. The minimum absolute atomic E-state index is 0.0895. The van der Waals surface area contributed by atoms with Crippen LogP contribution in [0.5, 0.6) is 0 Å². The van der Waals surface area contributed by atoms with E-state index in [1.165, 1.54) is 5.56 Å². The van der Waals surface area contributed by atoms with Gasteiger partial charge in [0.1, 0.15) is 6.04 Å². The average molecular weight is 337 g/mol. The zero-order chi connectivity index (χ0) is 16.7. The van der Waals surface area contributed by atoms with E-state index in [2.05, 4.69) is 23.3 Å². The molecule has 1 amide bonds. The van der Waals surface area contributed by atoms with Gasteiger partial charge in [0.15, 0.2) is 5.13 Å². The van der Waals surface area contributed by atoms with E-state index in [9.17, 15) is 4.79 Å². The fraction of sp³-hybridized carbons (Fsp3) is 0.263. The summed E-state index contributed by atoms with van der Waals surface area (Å²) >= 11 is 1.58. The molecule has 0 radical (unpaired) electrons. The van der Waals surface area contributed by atoms with E-state index < -0.39 is 0 Å². The van der Waals surface area contributed by atoms with Crippen molar-refractivity contribution in [1.82, 2.24) is 4.98 Å². The first-order valence-electron chi connectivity index (χ1n) is 8.16. The normalized spacial score (nSPS) is 17.8. The molecular weight excluding hydrogens is 318 g/mol. The minimum Gasteiger partial charge on any atom is -0.350 e. The van der Waals surface area contributed by atoms with Crippen molar-refractivity contribution < 1.29 is 4.79 Å². The zero-order valence-electron chi connectivity index (χ0n) is 13.7. The molecule has 0 unspecified atom stereocenters. The van der Waals surface area contributed by atoms with Crippen molar-refractivity contribution in [1.29, 1.82) is 0 Å². The van der Waals surface area contributed by atoms with Crippen LogP contribution in [-0.4, -0.2) is 23.0 Å². The number of anilines is 2. The Balaban J connectivity index is 1.56. The SMILES string of the molecule is C[C@H](Nc1nc2ccccc2s1)C(=O)N1c2ccccc2C[C@H]1C. The van der Waals surface area contributed by atoms with E-state index >= 15 is 0 Å². The van der Waals surface area contributed by atoms with Gasteiger partial charge in [-0.3, -0.25) is 4.79 Å². The second kappa shape index (κ2) is 5.91. The Bertz CT molecular complexity index is 871. The highest BCUT2D eigenvalue weighted by Gasteiger charge is 2.33. The minimum atomic E-state index is -0.320. The summed E-state index contributed by atoms with van der Waals surface area (Å²) in [6.07, 6.45) is 0.912. The summed E-state index contributed by atoms with van der Waals surface area (Å²) in [4.78, 5) is 19.5. The Morgan fingerprint density at radius 1 is 1.25 bits per heavy atom. The molecule has 122 valence electrons. The van der Waals surface area contributed by atoms with Gasteiger partial charge in [0.2, 0.25) is 5.91 Å². The predicted molar refractivity (Wildman–Crippen MR) is 99.8 cm³/mol. The quantitative estimate of drug-likeness (QED) is 0.783. The van der Waals surface area contributed by atoms with Crippen LogP contribution in [0.15, 0.2) is 48.5 Å². The molecule has 0 fully saturated rings. The zero-order valence-corrected chi connectivity index (χ0v) is 14.5. The van der Waals surface area contributed by atoms with Crippen molar-refractivity contribution in [2.45, 2.75) is 32.4 Å². The molecule has 2 atom stereocenters. The maximum absolute atomic E-state index is 13.0. The van der Waals surface area contributed by atoms with Gasteiger partial charge in [-0.1, -0.05) is 41.7 Å². The Kier molecular flexibility index (Phi) is 3.73. The molecule has 0 saturated carbocycles. The fourth-order valence-electron chi connectivity index (χ4n) is 3.29. The summed E-state index contributed by atoms with van der Waals surface area (Å²) in [5.41, 5.74) is 3.24. The number of thiazole rings is 1. The molecule has 4 nitrogen and oxygen atoms in total. The van der Waals surface area contributed by atoms with Gasteiger partial charge in [-0.05, 0) is 44.0 Å². The number of hydrogen-bond donors (Lipinski definition) is 1. The van der Waals surface area contributed by atoms with Crippen molar-refractivity contribution in [2.75, 3.05) is 10.2 Å². The fourth-order valence-corrected chi connectivity index (χ4v) is 4.24. The lowest BCUT2D eigenvalue weighted by atomic mass is 10.1. The van der Waals surface area contributed by atoms with E-state index in [1.54, 1.807) is 11.3 Å². The first-order valence-corrected chi connectivity index (χ1v) is 8.98. The summed E-state index contributed by atoms with van der Waals surface area (Å²) in [5.74, 6) is 0.0895. The maximum Gasteiger partial charge on any atom is 0.249 e. The van der Waals surface area contributed by atoms with Crippen molar-refractivity contribution >= 4 is 38.3 Å². The van der Waals surface area contributed by atoms with Crippen molar-refractivity contribution in [3.8, 4) is 0 Å². The summed E-state index contributed by atoms with van der Waals surface area (Å²) < 4.78 is 1.12. The van der Waals surface area contributed by atoms with Crippen LogP contribution in [0.2, 0.25) is 0 Å². The smallest absolute Gasteiger partial charge is 0.249 e. The lowest BCUT2D eigenvalue weighted by Gasteiger charge is -2.26. The third-order valence-corrected chi connectivity index (χ3v) is 5.42. The van der Waals surface area contributed by atoms with Crippen molar-refractivity contribution in [3.63, 3.8) is 0 Å². The van der Waals surface area contributed by atoms with Crippen molar-refractivity contribution in [3.05, 3.63) is 54.1 Å². The molecular formula is C19H19N3OS. The highest BCUT2D eigenvalue weighted by molar-refractivity contribution is 7.22. The molecule has 1 aliphatic heterocycles. The number of hydrogen-bond acceptors (Lipinski definition) is 4. The number of benzene rings is 2. The first kappa shape index (κ1) is 15.1. The van der Waals surface area contributed by atoms with E-state index in [0.29, 0.717) is 0 Å². The third-order valence-electron chi connectivity index (χ3n) is 4.45. The molecule has 5 heteroatoms. The number of aromatic nitrogens is 1. The Morgan fingerprint density at radius 3 is 2.83 bits per heavy atom. The lowest BCUT2D eigenvalue weighted by molar-refractivity contribution is -0.119. The molecule has 0 saturated heterocycles. The highest BCUT2D eigenvalue weighted by Crippen LogP contribution is 2.33. The van der Waals surface area contributed by atoms with Crippen LogP contribution >= 0.6 is 11.3 Å². The maximum atomic E-state index is 13.0. The number of nitrogens with one attached hydrogen (secondary N) is 1. The van der Waals surface area contributed by atoms with E-state index in [0.717, 1.165) is 27.5 Å². The second-order valence-corrected chi connectivity index (χ2v) is 7.27.